The van der Waals surface area contributed by atoms with E-state index in [-0.39, 0.29) is 12.1 Å². The molecule has 2 fully saturated rings. The number of hydrogen-bond acceptors (Lipinski definition) is 4. The zero-order chi connectivity index (χ0) is 14.4. The lowest BCUT2D eigenvalue weighted by Gasteiger charge is -2.38. The molecular formula is C16H29NO3. The molecule has 2 atom stereocenters. The van der Waals surface area contributed by atoms with Crippen LogP contribution in [0.5, 0.6) is 0 Å². The van der Waals surface area contributed by atoms with Gasteiger partial charge in [-0.2, -0.15) is 0 Å². The maximum atomic E-state index is 12.0. The van der Waals surface area contributed by atoms with Crippen molar-refractivity contribution in [3.8, 4) is 0 Å². The van der Waals surface area contributed by atoms with Gasteiger partial charge in [-0.25, -0.2) is 0 Å². The fourth-order valence-electron chi connectivity index (χ4n) is 3.70. The molecule has 2 saturated carbocycles. The van der Waals surface area contributed by atoms with E-state index in [1.165, 1.54) is 39.2 Å². The number of hydrogen-bond donors (Lipinski definition) is 1. The van der Waals surface area contributed by atoms with Gasteiger partial charge in [-0.3, -0.25) is 4.79 Å². The predicted molar refractivity (Wildman–Crippen MR) is 78.6 cm³/mol. The zero-order valence-electron chi connectivity index (χ0n) is 13.0. The number of carbonyl (C=O) groups is 1. The summed E-state index contributed by atoms with van der Waals surface area (Å²) in [5.74, 6) is 0.582. The van der Waals surface area contributed by atoms with Gasteiger partial charge in [0, 0.05) is 13.0 Å². The van der Waals surface area contributed by atoms with Gasteiger partial charge in [0.15, 0.2) is 0 Å². The molecule has 2 rings (SSSR count). The van der Waals surface area contributed by atoms with E-state index in [1.54, 1.807) is 0 Å². The number of methoxy groups -OCH3 is 1. The van der Waals surface area contributed by atoms with E-state index in [1.807, 2.05) is 7.05 Å². The molecule has 2 aliphatic rings. The van der Waals surface area contributed by atoms with Crippen molar-refractivity contribution in [3.63, 3.8) is 0 Å². The monoisotopic (exact) mass is 283 g/mol. The van der Waals surface area contributed by atoms with Crippen LogP contribution in [0, 0.1) is 5.92 Å². The van der Waals surface area contributed by atoms with Gasteiger partial charge in [-0.15, -0.1) is 0 Å². The molecule has 0 amide bonds. The lowest BCUT2D eigenvalue weighted by molar-refractivity contribution is -0.152. The third-order valence-electron chi connectivity index (χ3n) is 5.05. The summed E-state index contributed by atoms with van der Waals surface area (Å²) in [5.41, 5.74) is -0.537. The first-order valence-electron chi connectivity index (χ1n) is 8.09. The van der Waals surface area contributed by atoms with Gasteiger partial charge >= 0.3 is 5.97 Å². The Morgan fingerprint density at radius 3 is 2.60 bits per heavy atom. The maximum Gasteiger partial charge on any atom is 0.326 e. The highest BCUT2D eigenvalue weighted by molar-refractivity contribution is 5.80. The fourth-order valence-corrected chi connectivity index (χ4v) is 3.70. The Morgan fingerprint density at radius 2 is 1.95 bits per heavy atom. The molecule has 1 N–H and O–H groups in total. The van der Waals surface area contributed by atoms with Crippen molar-refractivity contribution in [1.29, 1.82) is 0 Å². The predicted octanol–water partition coefficient (Wildman–Crippen LogP) is 2.66. The van der Waals surface area contributed by atoms with Crippen LogP contribution in [0.4, 0.5) is 0 Å². The van der Waals surface area contributed by atoms with E-state index in [9.17, 15) is 4.79 Å². The van der Waals surface area contributed by atoms with Gasteiger partial charge in [0.1, 0.15) is 5.54 Å². The summed E-state index contributed by atoms with van der Waals surface area (Å²) in [6.07, 6.45) is 10.5. The number of carbonyl (C=O) groups excluding carboxylic acids is 1. The molecule has 4 heteroatoms. The summed E-state index contributed by atoms with van der Waals surface area (Å²) < 4.78 is 11.1. The van der Waals surface area contributed by atoms with E-state index >= 15 is 0 Å². The minimum absolute atomic E-state index is 0.147. The summed E-state index contributed by atoms with van der Waals surface area (Å²) >= 11 is 0. The minimum atomic E-state index is -0.537. The summed E-state index contributed by atoms with van der Waals surface area (Å²) in [7, 11) is 3.31. The summed E-state index contributed by atoms with van der Waals surface area (Å²) in [6.45, 7) is 0.867. The van der Waals surface area contributed by atoms with Crippen LogP contribution < -0.4 is 5.32 Å². The molecule has 0 heterocycles. The minimum Gasteiger partial charge on any atom is -0.468 e. The van der Waals surface area contributed by atoms with Crippen molar-refractivity contribution in [2.75, 3.05) is 20.8 Å². The Hall–Kier alpha value is -0.610. The van der Waals surface area contributed by atoms with Crippen LogP contribution >= 0.6 is 0 Å². The third-order valence-corrected chi connectivity index (χ3v) is 5.05. The van der Waals surface area contributed by atoms with Crippen molar-refractivity contribution < 1.29 is 14.3 Å². The Bertz CT molecular complexity index is 315. The quantitative estimate of drug-likeness (QED) is 0.788. The first-order chi connectivity index (χ1) is 9.70. The molecule has 0 aliphatic heterocycles. The second-order valence-electron chi connectivity index (χ2n) is 6.38. The van der Waals surface area contributed by atoms with Crippen LogP contribution in [0.25, 0.3) is 0 Å². The van der Waals surface area contributed by atoms with Gasteiger partial charge in [0.25, 0.3) is 0 Å². The van der Waals surface area contributed by atoms with E-state index in [2.05, 4.69) is 5.32 Å². The van der Waals surface area contributed by atoms with Crippen molar-refractivity contribution in [1.82, 2.24) is 5.32 Å². The molecule has 0 saturated heterocycles. The van der Waals surface area contributed by atoms with Crippen LogP contribution in [0.15, 0.2) is 0 Å². The number of rotatable bonds is 5. The molecule has 0 radical (unpaired) electrons. The summed E-state index contributed by atoms with van der Waals surface area (Å²) in [4.78, 5) is 12.0. The smallest absolute Gasteiger partial charge is 0.326 e. The molecule has 116 valence electrons. The molecule has 20 heavy (non-hydrogen) atoms. The Kier molecular flexibility index (Phi) is 5.85. The summed E-state index contributed by atoms with van der Waals surface area (Å²) in [6, 6.07) is 0. The first-order valence-corrected chi connectivity index (χ1v) is 8.09. The van der Waals surface area contributed by atoms with Gasteiger partial charge in [-0.1, -0.05) is 19.3 Å². The molecule has 0 bridgehead atoms. The normalized spacial score (nSPS) is 32.0. The highest BCUT2D eigenvalue weighted by atomic mass is 16.5. The van der Waals surface area contributed by atoms with Gasteiger partial charge in [0.2, 0.25) is 0 Å². The molecule has 4 nitrogen and oxygen atoms in total. The topological polar surface area (TPSA) is 47.6 Å². The van der Waals surface area contributed by atoms with E-state index in [0.717, 1.165) is 38.2 Å². The SMILES string of the molecule is CNC1(C(=O)OC)CCCC(OCC2CCCCC2)C1. The Balaban J connectivity index is 1.84. The second kappa shape index (κ2) is 7.41. The number of ether oxygens (including phenoxy) is 2. The van der Waals surface area contributed by atoms with Crippen molar-refractivity contribution in [2.24, 2.45) is 5.92 Å². The van der Waals surface area contributed by atoms with Crippen LogP contribution in [0.2, 0.25) is 0 Å². The fraction of sp³-hybridized carbons (Fsp3) is 0.938. The average molecular weight is 283 g/mol. The molecule has 0 spiro atoms. The largest absolute Gasteiger partial charge is 0.468 e. The van der Waals surface area contributed by atoms with Gasteiger partial charge < -0.3 is 14.8 Å². The Labute approximate surface area is 122 Å². The molecule has 2 aliphatic carbocycles. The first kappa shape index (κ1) is 15.8. The summed E-state index contributed by atoms with van der Waals surface area (Å²) in [5, 5.41) is 3.18. The van der Waals surface area contributed by atoms with E-state index < -0.39 is 5.54 Å². The number of esters is 1. The van der Waals surface area contributed by atoms with Crippen molar-refractivity contribution in [3.05, 3.63) is 0 Å². The number of nitrogens with one attached hydrogen (secondary N) is 1. The zero-order valence-corrected chi connectivity index (χ0v) is 13.0. The van der Waals surface area contributed by atoms with Crippen molar-refractivity contribution in [2.45, 2.75) is 69.4 Å². The van der Waals surface area contributed by atoms with Crippen LogP contribution in [0.3, 0.4) is 0 Å². The Morgan fingerprint density at radius 1 is 1.20 bits per heavy atom. The van der Waals surface area contributed by atoms with Crippen LogP contribution in [-0.4, -0.2) is 38.4 Å². The standard InChI is InChI=1S/C16H29NO3/c1-17-16(15(18)19-2)10-6-9-14(11-16)20-12-13-7-4-3-5-8-13/h13-14,17H,3-12H2,1-2H3. The van der Waals surface area contributed by atoms with E-state index in [4.69, 9.17) is 9.47 Å². The van der Waals surface area contributed by atoms with Gasteiger partial charge in [0.05, 0.1) is 13.2 Å². The lowest BCUT2D eigenvalue weighted by atomic mass is 9.80. The highest BCUT2D eigenvalue weighted by Gasteiger charge is 2.43. The third kappa shape index (κ3) is 3.73. The molecule has 2 unspecified atom stereocenters. The molecular weight excluding hydrogens is 254 g/mol. The second-order valence-corrected chi connectivity index (χ2v) is 6.38. The van der Waals surface area contributed by atoms with Crippen LogP contribution in [0.1, 0.15) is 57.8 Å². The molecule has 0 aromatic carbocycles. The van der Waals surface area contributed by atoms with Gasteiger partial charge in [-0.05, 0) is 45.1 Å². The highest BCUT2D eigenvalue weighted by Crippen LogP contribution is 2.32. The lowest BCUT2D eigenvalue weighted by Crippen LogP contribution is -2.55. The van der Waals surface area contributed by atoms with Crippen LogP contribution in [-0.2, 0) is 14.3 Å². The number of likely N-dealkylation sites (N-methyl/N-ethyl adjacent to an activating group) is 1. The maximum absolute atomic E-state index is 12.0. The molecule has 0 aromatic rings. The van der Waals surface area contributed by atoms with E-state index in [0.29, 0.717) is 0 Å². The average Bonchev–Trinajstić information content (AvgIpc) is 2.53. The van der Waals surface area contributed by atoms with Crippen molar-refractivity contribution >= 4 is 5.97 Å². The molecule has 0 aromatic heterocycles.